The SMILES string of the molecule is Cc1ccc(CCc2ccc3c(CC(=O)O)csc3c2)c(C)n1. The summed E-state index contributed by atoms with van der Waals surface area (Å²) in [7, 11) is 0. The van der Waals surface area contributed by atoms with Gasteiger partial charge in [-0.05, 0) is 66.3 Å². The number of thiophene rings is 1. The minimum Gasteiger partial charge on any atom is -0.481 e. The molecule has 0 fully saturated rings. The molecule has 118 valence electrons. The second-order valence-electron chi connectivity index (χ2n) is 5.86. The van der Waals surface area contributed by atoms with Crippen LogP contribution < -0.4 is 0 Å². The fraction of sp³-hybridized carbons (Fsp3) is 0.263. The molecule has 23 heavy (non-hydrogen) atoms. The number of aliphatic carboxylic acids is 1. The first-order valence-electron chi connectivity index (χ1n) is 7.67. The summed E-state index contributed by atoms with van der Waals surface area (Å²) in [6.45, 7) is 4.07. The first-order chi connectivity index (χ1) is 11.0. The molecule has 3 nitrogen and oxygen atoms in total. The summed E-state index contributed by atoms with van der Waals surface area (Å²) in [6, 6.07) is 10.6. The van der Waals surface area contributed by atoms with Crippen molar-refractivity contribution in [3.05, 3.63) is 63.8 Å². The smallest absolute Gasteiger partial charge is 0.307 e. The number of rotatable bonds is 5. The van der Waals surface area contributed by atoms with E-state index in [4.69, 9.17) is 5.11 Å². The van der Waals surface area contributed by atoms with Gasteiger partial charge in [0.1, 0.15) is 0 Å². The van der Waals surface area contributed by atoms with Crippen molar-refractivity contribution in [1.29, 1.82) is 0 Å². The van der Waals surface area contributed by atoms with Gasteiger partial charge >= 0.3 is 5.97 Å². The van der Waals surface area contributed by atoms with Gasteiger partial charge in [-0.1, -0.05) is 18.2 Å². The van der Waals surface area contributed by atoms with Crippen LogP contribution in [0.3, 0.4) is 0 Å². The number of hydrogen-bond acceptors (Lipinski definition) is 3. The molecule has 0 amide bonds. The summed E-state index contributed by atoms with van der Waals surface area (Å²) in [5.41, 5.74) is 5.63. The van der Waals surface area contributed by atoms with E-state index in [2.05, 4.69) is 42.2 Å². The maximum Gasteiger partial charge on any atom is 0.307 e. The Bertz CT molecular complexity index is 867. The molecule has 0 atom stereocenters. The van der Waals surface area contributed by atoms with Crippen molar-refractivity contribution in [3.8, 4) is 0 Å². The predicted molar refractivity (Wildman–Crippen MR) is 94.3 cm³/mol. The lowest BCUT2D eigenvalue weighted by Gasteiger charge is -2.06. The van der Waals surface area contributed by atoms with E-state index < -0.39 is 5.97 Å². The molecule has 3 aromatic rings. The fourth-order valence-electron chi connectivity index (χ4n) is 2.84. The molecule has 0 spiro atoms. The Labute approximate surface area is 139 Å². The molecule has 2 heterocycles. The highest BCUT2D eigenvalue weighted by Gasteiger charge is 2.09. The number of carboxylic acids is 1. The van der Waals surface area contributed by atoms with Crippen LogP contribution in [-0.4, -0.2) is 16.1 Å². The number of nitrogens with zero attached hydrogens (tertiary/aromatic N) is 1. The Balaban J connectivity index is 1.77. The average molecular weight is 325 g/mol. The molecule has 0 radical (unpaired) electrons. The van der Waals surface area contributed by atoms with E-state index >= 15 is 0 Å². The van der Waals surface area contributed by atoms with Crippen LogP contribution in [0.1, 0.15) is 28.1 Å². The van der Waals surface area contributed by atoms with Crippen LogP contribution in [0.15, 0.2) is 35.7 Å². The van der Waals surface area contributed by atoms with Crippen LogP contribution >= 0.6 is 11.3 Å². The lowest BCUT2D eigenvalue weighted by Crippen LogP contribution is -1.99. The molecule has 0 aliphatic carbocycles. The maximum atomic E-state index is 10.9. The second kappa shape index (κ2) is 6.50. The van der Waals surface area contributed by atoms with Crippen molar-refractivity contribution in [2.45, 2.75) is 33.1 Å². The van der Waals surface area contributed by atoms with Gasteiger partial charge < -0.3 is 5.11 Å². The Morgan fingerprint density at radius 1 is 1.13 bits per heavy atom. The number of pyridine rings is 1. The van der Waals surface area contributed by atoms with Crippen LogP contribution in [0.5, 0.6) is 0 Å². The van der Waals surface area contributed by atoms with Crippen LogP contribution in [0.4, 0.5) is 0 Å². The quantitative estimate of drug-likeness (QED) is 0.760. The molecule has 4 heteroatoms. The van der Waals surface area contributed by atoms with Crippen molar-refractivity contribution in [3.63, 3.8) is 0 Å². The van der Waals surface area contributed by atoms with Gasteiger partial charge in [0.25, 0.3) is 0 Å². The molecule has 0 bridgehead atoms. The maximum absolute atomic E-state index is 10.9. The van der Waals surface area contributed by atoms with Crippen molar-refractivity contribution >= 4 is 27.4 Å². The van der Waals surface area contributed by atoms with Gasteiger partial charge in [-0.25, -0.2) is 0 Å². The number of aromatic nitrogens is 1. The molecule has 1 N–H and O–H groups in total. The third kappa shape index (κ3) is 3.59. The zero-order valence-electron chi connectivity index (χ0n) is 13.3. The highest BCUT2D eigenvalue weighted by atomic mass is 32.1. The van der Waals surface area contributed by atoms with Gasteiger partial charge in [0, 0.05) is 16.1 Å². The first-order valence-corrected chi connectivity index (χ1v) is 8.55. The molecule has 3 rings (SSSR count). The van der Waals surface area contributed by atoms with E-state index in [1.54, 1.807) is 11.3 Å². The van der Waals surface area contributed by atoms with Crippen LogP contribution in [0.2, 0.25) is 0 Å². The van der Waals surface area contributed by atoms with E-state index in [0.29, 0.717) is 0 Å². The van der Waals surface area contributed by atoms with Gasteiger partial charge in [0.05, 0.1) is 6.42 Å². The summed E-state index contributed by atoms with van der Waals surface area (Å²) in [5.74, 6) is -0.781. The number of fused-ring (bicyclic) bond motifs is 1. The average Bonchev–Trinajstić information content (AvgIpc) is 2.88. The van der Waals surface area contributed by atoms with Gasteiger partial charge in [0.15, 0.2) is 0 Å². The summed E-state index contributed by atoms with van der Waals surface area (Å²) in [4.78, 5) is 15.4. The lowest BCUT2D eigenvalue weighted by molar-refractivity contribution is -0.136. The lowest BCUT2D eigenvalue weighted by atomic mass is 10.0. The number of hydrogen-bond donors (Lipinski definition) is 1. The summed E-state index contributed by atoms with van der Waals surface area (Å²) < 4.78 is 1.16. The van der Waals surface area contributed by atoms with Gasteiger partial charge in [0.2, 0.25) is 0 Å². The highest BCUT2D eigenvalue weighted by molar-refractivity contribution is 7.17. The van der Waals surface area contributed by atoms with Crippen LogP contribution in [0, 0.1) is 13.8 Å². The molecule has 0 aliphatic heterocycles. The van der Waals surface area contributed by atoms with Gasteiger partial charge in [-0.15, -0.1) is 11.3 Å². The zero-order chi connectivity index (χ0) is 16.4. The monoisotopic (exact) mass is 325 g/mol. The summed E-state index contributed by atoms with van der Waals surface area (Å²) >= 11 is 1.62. The van der Waals surface area contributed by atoms with E-state index in [1.807, 2.05) is 12.3 Å². The summed E-state index contributed by atoms with van der Waals surface area (Å²) in [5, 5.41) is 12.0. The number of carboxylic acid groups (broad SMARTS) is 1. The largest absolute Gasteiger partial charge is 0.481 e. The highest BCUT2D eigenvalue weighted by Crippen LogP contribution is 2.28. The molecule has 0 unspecified atom stereocenters. The van der Waals surface area contributed by atoms with Gasteiger partial charge in [-0.3, -0.25) is 9.78 Å². The third-order valence-electron chi connectivity index (χ3n) is 4.08. The van der Waals surface area contributed by atoms with Crippen molar-refractivity contribution in [1.82, 2.24) is 4.98 Å². The van der Waals surface area contributed by atoms with Crippen molar-refractivity contribution in [2.24, 2.45) is 0 Å². The minimum absolute atomic E-state index is 0.0909. The Kier molecular flexibility index (Phi) is 4.44. The molecular weight excluding hydrogens is 306 g/mol. The fourth-order valence-corrected chi connectivity index (χ4v) is 3.87. The topological polar surface area (TPSA) is 50.2 Å². The molecule has 0 aliphatic rings. The number of aryl methyl sites for hydroxylation is 4. The normalized spacial score (nSPS) is 11.0. The minimum atomic E-state index is -0.781. The van der Waals surface area contributed by atoms with E-state index in [0.717, 1.165) is 39.9 Å². The number of carbonyl (C=O) groups is 1. The van der Waals surface area contributed by atoms with Crippen molar-refractivity contribution in [2.75, 3.05) is 0 Å². The van der Waals surface area contributed by atoms with E-state index in [-0.39, 0.29) is 6.42 Å². The van der Waals surface area contributed by atoms with E-state index in [1.165, 1.54) is 11.1 Å². The zero-order valence-corrected chi connectivity index (χ0v) is 14.1. The molecule has 0 saturated carbocycles. The molecule has 1 aromatic carbocycles. The van der Waals surface area contributed by atoms with Crippen LogP contribution in [-0.2, 0) is 24.1 Å². The molecule has 2 aromatic heterocycles. The molecule has 0 saturated heterocycles. The third-order valence-corrected chi connectivity index (χ3v) is 5.07. The Morgan fingerprint density at radius 2 is 1.96 bits per heavy atom. The van der Waals surface area contributed by atoms with E-state index in [9.17, 15) is 4.79 Å². The summed E-state index contributed by atoms with van der Waals surface area (Å²) in [6.07, 6.45) is 2.03. The van der Waals surface area contributed by atoms with Crippen LogP contribution in [0.25, 0.3) is 10.1 Å². The Hall–Kier alpha value is -2.20. The molecular formula is C19H19NO2S. The number of benzene rings is 1. The standard InChI is InChI=1S/C19H19NO2S/c1-12-3-6-15(13(2)20-12)7-4-14-5-8-17-16(10-19(21)22)11-23-18(17)9-14/h3,5-6,8-9,11H,4,7,10H2,1-2H3,(H,21,22). The predicted octanol–water partition coefficient (Wildman–Crippen LogP) is 4.33. The Morgan fingerprint density at radius 3 is 2.70 bits per heavy atom. The van der Waals surface area contributed by atoms with Crippen molar-refractivity contribution < 1.29 is 9.90 Å². The van der Waals surface area contributed by atoms with Gasteiger partial charge in [-0.2, -0.15) is 0 Å². The second-order valence-corrected chi connectivity index (χ2v) is 6.77. The first kappa shape index (κ1) is 15.7.